The number of hydrogen-bond acceptors (Lipinski definition) is 3. The van der Waals surface area contributed by atoms with Gasteiger partial charge >= 0.3 is 0 Å². The van der Waals surface area contributed by atoms with Crippen molar-refractivity contribution >= 4 is 5.91 Å². The third-order valence-corrected chi connectivity index (χ3v) is 7.78. The molecule has 4 nitrogen and oxygen atoms in total. The molecule has 2 aromatic rings. The van der Waals surface area contributed by atoms with E-state index in [1.54, 1.807) is 0 Å². The number of piperidine rings is 2. The molecular weight excluding hydrogens is 394 g/mol. The zero-order chi connectivity index (χ0) is 22.1. The van der Waals surface area contributed by atoms with Crippen LogP contribution in [0, 0.1) is 0 Å². The van der Waals surface area contributed by atoms with Crippen molar-refractivity contribution < 1.29 is 4.79 Å². The topological polar surface area (TPSA) is 35.6 Å². The monoisotopic (exact) mass is 431 g/mol. The summed E-state index contributed by atoms with van der Waals surface area (Å²) in [7, 11) is 0. The molecule has 1 amide bonds. The van der Waals surface area contributed by atoms with Gasteiger partial charge in [0.25, 0.3) is 5.91 Å². The lowest BCUT2D eigenvalue weighted by Gasteiger charge is -2.32. The van der Waals surface area contributed by atoms with Gasteiger partial charge < -0.3 is 10.2 Å². The fraction of sp³-hybridized carbons (Fsp3) is 0.536. The number of carbonyl (C=O) groups is 1. The third-order valence-electron chi connectivity index (χ3n) is 7.78. The molecule has 4 heteroatoms. The smallest absolute Gasteiger partial charge is 0.254 e. The maximum atomic E-state index is 12.9. The highest BCUT2D eigenvalue weighted by atomic mass is 16.2. The molecule has 3 aliphatic rings. The van der Waals surface area contributed by atoms with E-state index < -0.39 is 0 Å². The number of likely N-dealkylation sites (tertiary alicyclic amines) is 1. The van der Waals surface area contributed by atoms with Gasteiger partial charge in [-0.15, -0.1) is 0 Å². The lowest BCUT2D eigenvalue weighted by atomic mass is 9.87. The highest BCUT2D eigenvalue weighted by molar-refractivity contribution is 5.98. The Morgan fingerprint density at radius 2 is 1.81 bits per heavy atom. The number of nitrogens with zero attached hydrogens (tertiary/aromatic N) is 2. The summed E-state index contributed by atoms with van der Waals surface area (Å²) in [6.07, 6.45) is 4.69. The van der Waals surface area contributed by atoms with E-state index in [-0.39, 0.29) is 5.91 Å². The average Bonchev–Trinajstić information content (AvgIpc) is 3.16. The van der Waals surface area contributed by atoms with E-state index in [0.29, 0.717) is 17.9 Å². The lowest BCUT2D eigenvalue weighted by Crippen LogP contribution is -2.46. The predicted molar refractivity (Wildman–Crippen MR) is 130 cm³/mol. The fourth-order valence-electron chi connectivity index (χ4n) is 5.70. The van der Waals surface area contributed by atoms with E-state index in [0.717, 1.165) is 57.7 Å². The minimum atomic E-state index is 0.235. The van der Waals surface area contributed by atoms with Crippen LogP contribution in [0.3, 0.4) is 0 Å². The predicted octanol–water partition coefficient (Wildman–Crippen LogP) is 4.90. The number of benzene rings is 2. The Kier molecular flexibility index (Phi) is 6.34. The summed E-state index contributed by atoms with van der Waals surface area (Å²) < 4.78 is 0. The molecule has 2 aromatic carbocycles. The van der Waals surface area contributed by atoms with Gasteiger partial charge in [0.15, 0.2) is 0 Å². The minimum absolute atomic E-state index is 0.235. The summed E-state index contributed by atoms with van der Waals surface area (Å²) >= 11 is 0. The zero-order valence-electron chi connectivity index (χ0n) is 19.6. The van der Waals surface area contributed by atoms with Gasteiger partial charge in [0, 0.05) is 31.2 Å². The van der Waals surface area contributed by atoms with Crippen LogP contribution in [0.15, 0.2) is 42.5 Å². The first-order valence-corrected chi connectivity index (χ1v) is 12.5. The number of fused-ring (bicyclic) bond motifs is 1. The largest absolute Gasteiger partial charge is 0.330 e. The van der Waals surface area contributed by atoms with Crippen LogP contribution in [-0.2, 0) is 13.1 Å². The third kappa shape index (κ3) is 4.49. The summed E-state index contributed by atoms with van der Waals surface area (Å²) in [5, 5.41) is 3.45. The number of amides is 1. The Morgan fingerprint density at radius 3 is 2.50 bits per heavy atom. The molecular formula is C28H37N3O. The lowest BCUT2D eigenvalue weighted by molar-refractivity contribution is 0.0674. The van der Waals surface area contributed by atoms with E-state index in [1.807, 2.05) is 0 Å². The van der Waals surface area contributed by atoms with Gasteiger partial charge in [-0.2, -0.15) is 0 Å². The van der Waals surface area contributed by atoms with Crippen molar-refractivity contribution in [3.63, 3.8) is 0 Å². The minimum Gasteiger partial charge on any atom is -0.330 e. The van der Waals surface area contributed by atoms with Crippen molar-refractivity contribution in [2.45, 2.75) is 70.5 Å². The second-order valence-corrected chi connectivity index (χ2v) is 10.3. The molecule has 5 rings (SSSR count). The van der Waals surface area contributed by atoms with E-state index >= 15 is 0 Å². The van der Waals surface area contributed by atoms with Crippen LogP contribution >= 0.6 is 0 Å². The Morgan fingerprint density at radius 1 is 1.03 bits per heavy atom. The van der Waals surface area contributed by atoms with Crippen LogP contribution < -0.4 is 5.32 Å². The number of rotatable bonds is 5. The first-order chi connectivity index (χ1) is 15.6. The molecule has 32 heavy (non-hydrogen) atoms. The number of nitrogens with one attached hydrogen (secondary N) is 1. The quantitative estimate of drug-likeness (QED) is 0.732. The normalized spacial score (nSPS) is 22.5. The van der Waals surface area contributed by atoms with Crippen molar-refractivity contribution in [1.82, 2.24) is 15.1 Å². The number of carbonyl (C=O) groups excluding carboxylic acids is 1. The van der Waals surface area contributed by atoms with Crippen LogP contribution in [0.2, 0.25) is 0 Å². The van der Waals surface area contributed by atoms with E-state index in [4.69, 9.17) is 0 Å². The highest BCUT2D eigenvalue weighted by Gasteiger charge is 2.34. The van der Waals surface area contributed by atoms with Gasteiger partial charge in [-0.3, -0.25) is 9.69 Å². The second-order valence-electron chi connectivity index (χ2n) is 10.3. The van der Waals surface area contributed by atoms with Crippen LogP contribution in [-0.4, -0.2) is 47.9 Å². The van der Waals surface area contributed by atoms with Crippen LogP contribution in [0.4, 0.5) is 0 Å². The fourth-order valence-corrected chi connectivity index (χ4v) is 5.70. The summed E-state index contributed by atoms with van der Waals surface area (Å²) in [5.41, 5.74) is 6.44. The van der Waals surface area contributed by atoms with Gasteiger partial charge in [-0.25, -0.2) is 0 Å². The maximum Gasteiger partial charge on any atom is 0.254 e. The summed E-state index contributed by atoms with van der Waals surface area (Å²) in [4.78, 5) is 17.6. The molecule has 0 saturated carbocycles. The molecule has 2 fully saturated rings. The molecule has 1 unspecified atom stereocenters. The van der Waals surface area contributed by atoms with Crippen molar-refractivity contribution in [2.24, 2.45) is 0 Å². The molecule has 3 heterocycles. The van der Waals surface area contributed by atoms with Gasteiger partial charge in [-0.05, 0) is 85.5 Å². The molecule has 0 aliphatic carbocycles. The van der Waals surface area contributed by atoms with E-state index in [2.05, 4.69) is 71.4 Å². The zero-order valence-corrected chi connectivity index (χ0v) is 19.6. The van der Waals surface area contributed by atoms with Crippen LogP contribution in [0.5, 0.6) is 0 Å². The SMILES string of the molecule is CC(C)c1ccc(CN2CCC(c3ccc4c(c3)CN(C3CCCNC3)C4=O)CC2)cc1. The molecule has 1 atom stereocenters. The van der Waals surface area contributed by atoms with Crippen molar-refractivity contribution in [2.75, 3.05) is 26.2 Å². The average molecular weight is 432 g/mol. The first kappa shape index (κ1) is 21.7. The van der Waals surface area contributed by atoms with E-state index in [9.17, 15) is 4.79 Å². The molecule has 0 radical (unpaired) electrons. The van der Waals surface area contributed by atoms with Gasteiger partial charge in [0.05, 0.1) is 0 Å². The van der Waals surface area contributed by atoms with Crippen LogP contribution in [0.25, 0.3) is 0 Å². The molecule has 3 aliphatic heterocycles. The highest BCUT2D eigenvalue weighted by Crippen LogP contribution is 2.33. The molecule has 0 spiro atoms. The molecule has 2 saturated heterocycles. The summed E-state index contributed by atoms with van der Waals surface area (Å²) in [5.74, 6) is 1.44. The van der Waals surface area contributed by atoms with Crippen molar-refractivity contribution in [3.05, 3.63) is 70.3 Å². The standard InChI is InChI=1S/C28H37N3O/c1-20(2)22-7-5-21(6-8-22)18-30-14-11-23(12-15-30)24-9-10-27-25(16-24)19-31(28(27)32)26-4-3-13-29-17-26/h5-10,16,20,23,26,29H,3-4,11-15,17-19H2,1-2H3. The van der Waals surface area contributed by atoms with Crippen molar-refractivity contribution in [3.8, 4) is 0 Å². The first-order valence-electron chi connectivity index (χ1n) is 12.5. The summed E-state index contributed by atoms with van der Waals surface area (Å²) in [6.45, 7) is 10.6. The Hall–Kier alpha value is -2.17. The van der Waals surface area contributed by atoms with E-state index in [1.165, 1.54) is 35.1 Å². The summed E-state index contributed by atoms with van der Waals surface area (Å²) in [6, 6.07) is 16.2. The second kappa shape index (κ2) is 9.36. The number of hydrogen-bond donors (Lipinski definition) is 1. The molecule has 170 valence electrons. The Balaban J connectivity index is 1.18. The van der Waals surface area contributed by atoms with Gasteiger partial charge in [0.2, 0.25) is 0 Å². The van der Waals surface area contributed by atoms with Crippen molar-refractivity contribution in [1.29, 1.82) is 0 Å². The Bertz CT molecular complexity index is 938. The van der Waals surface area contributed by atoms with Crippen LogP contribution in [0.1, 0.15) is 84.0 Å². The van der Waals surface area contributed by atoms with Gasteiger partial charge in [-0.1, -0.05) is 50.2 Å². The van der Waals surface area contributed by atoms with Gasteiger partial charge in [0.1, 0.15) is 0 Å². The molecule has 1 N–H and O–H groups in total. The molecule has 0 aromatic heterocycles. The maximum absolute atomic E-state index is 12.9. The molecule has 0 bridgehead atoms. The Labute approximate surface area is 193 Å².